The number of halogens is 1. The van der Waals surface area contributed by atoms with Crippen molar-refractivity contribution in [1.82, 2.24) is 24.1 Å². The molecule has 2 saturated heterocycles. The van der Waals surface area contributed by atoms with E-state index in [1.807, 2.05) is 23.1 Å². The molecule has 1 N–H and O–H groups in total. The number of H-pyrrole nitrogens is 1. The second-order valence-electron chi connectivity index (χ2n) is 9.32. The maximum atomic E-state index is 13.3. The fourth-order valence-corrected chi connectivity index (χ4v) is 6.71. The number of sulfonamides is 1. The number of aromatic amines is 1. The van der Waals surface area contributed by atoms with Crippen molar-refractivity contribution < 1.29 is 13.2 Å². The molecule has 0 aliphatic carbocycles. The van der Waals surface area contributed by atoms with Crippen LogP contribution in [0, 0.1) is 5.92 Å². The maximum absolute atomic E-state index is 13.3. The Kier molecular flexibility index (Phi) is 7.43. The number of imidazole rings is 1. The number of hydrogen-bond acceptors (Lipinski definition) is 5. The van der Waals surface area contributed by atoms with E-state index in [9.17, 15) is 13.2 Å². The second kappa shape index (κ2) is 10.7. The zero-order chi connectivity index (χ0) is 25.1. The summed E-state index contributed by atoms with van der Waals surface area (Å²) < 4.78 is 26.9. The molecule has 2 fully saturated rings. The molecule has 1 unspecified atom stereocenters. The van der Waals surface area contributed by atoms with Crippen molar-refractivity contribution in [3.63, 3.8) is 0 Å². The minimum Gasteiger partial charge on any atom is -0.340 e. The van der Waals surface area contributed by atoms with Gasteiger partial charge in [-0.1, -0.05) is 54.1 Å². The van der Waals surface area contributed by atoms with Crippen LogP contribution in [-0.2, 0) is 14.8 Å². The van der Waals surface area contributed by atoms with E-state index in [0.717, 1.165) is 13.1 Å². The number of benzene rings is 2. The van der Waals surface area contributed by atoms with Crippen molar-refractivity contribution in [2.24, 2.45) is 5.92 Å². The normalized spacial score (nSPS) is 19.3. The number of carbonyl (C=O) groups excluding carboxylic acids is 1. The number of hydrogen-bond donors (Lipinski definition) is 1. The maximum Gasteiger partial charge on any atom is 0.260 e. The molecule has 0 radical (unpaired) electrons. The van der Waals surface area contributed by atoms with E-state index in [1.54, 1.807) is 0 Å². The zero-order valence-electron chi connectivity index (χ0n) is 20.0. The van der Waals surface area contributed by atoms with E-state index in [2.05, 4.69) is 51.3 Å². The first-order chi connectivity index (χ1) is 17.4. The number of piperazine rings is 1. The first-order valence-corrected chi connectivity index (χ1v) is 14.1. The van der Waals surface area contributed by atoms with E-state index in [0.29, 0.717) is 44.0 Å². The second-order valence-corrected chi connectivity index (χ2v) is 11.7. The third kappa shape index (κ3) is 5.20. The average Bonchev–Trinajstić information content (AvgIpc) is 3.47. The van der Waals surface area contributed by atoms with Crippen LogP contribution < -0.4 is 0 Å². The summed E-state index contributed by atoms with van der Waals surface area (Å²) >= 11 is 6.14. The molecule has 1 aromatic heterocycles. The van der Waals surface area contributed by atoms with E-state index in [1.165, 1.54) is 28.0 Å². The lowest BCUT2D eigenvalue weighted by molar-refractivity contribution is -0.138. The van der Waals surface area contributed by atoms with Gasteiger partial charge in [0.1, 0.15) is 0 Å². The number of nitrogens with one attached hydrogen (secondary N) is 1. The standard InChI is InChI=1S/C26H30ClN5O3S/c27-23-8-6-21(7-9-23)25(20-4-2-1-3-5-20)30-14-16-31(17-15-30)26(33)22-10-12-32(13-11-22)36(34,35)24-18-28-19-29-24/h1-9,18-19,22,25H,10-17H2,(H,28,29). The number of rotatable bonds is 6. The largest absolute Gasteiger partial charge is 0.340 e. The molecule has 2 aromatic carbocycles. The topological polar surface area (TPSA) is 89.6 Å². The first kappa shape index (κ1) is 25.0. The van der Waals surface area contributed by atoms with Crippen LogP contribution in [0.15, 0.2) is 72.1 Å². The summed E-state index contributed by atoms with van der Waals surface area (Å²) in [6, 6.07) is 18.5. The summed E-state index contributed by atoms with van der Waals surface area (Å²) in [4.78, 5) is 24.2. The summed E-state index contributed by atoms with van der Waals surface area (Å²) in [5.74, 6) is -0.0121. The van der Waals surface area contributed by atoms with Crippen molar-refractivity contribution in [2.75, 3.05) is 39.3 Å². The lowest BCUT2D eigenvalue weighted by atomic mass is 9.95. The van der Waals surface area contributed by atoms with Gasteiger partial charge in [0, 0.05) is 50.2 Å². The van der Waals surface area contributed by atoms with Crippen LogP contribution in [0.1, 0.15) is 30.0 Å². The highest BCUT2D eigenvalue weighted by molar-refractivity contribution is 7.89. The molecule has 36 heavy (non-hydrogen) atoms. The highest BCUT2D eigenvalue weighted by atomic mass is 35.5. The van der Waals surface area contributed by atoms with Crippen molar-refractivity contribution in [2.45, 2.75) is 23.9 Å². The van der Waals surface area contributed by atoms with E-state index in [-0.39, 0.29) is 22.9 Å². The number of nitrogens with zero attached hydrogens (tertiary/aromatic N) is 4. The smallest absolute Gasteiger partial charge is 0.260 e. The van der Waals surface area contributed by atoms with E-state index >= 15 is 0 Å². The van der Waals surface area contributed by atoms with Gasteiger partial charge in [-0.2, -0.15) is 4.31 Å². The number of amides is 1. The van der Waals surface area contributed by atoms with Gasteiger partial charge in [-0.3, -0.25) is 9.69 Å². The van der Waals surface area contributed by atoms with Gasteiger partial charge < -0.3 is 9.88 Å². The summed E-state index contributed by atoms with van der Waals surface area (Å²) in [5, 5.41) is 0.807. The minimum absolute atomic E-state index is 0.0941. The quantitative estimate of drug-likeness (QED) is 0.530. The van der Waals surface area contributed by atoms with Gasteiger partial charge in [-0.15, -0.1) is 0 Å². The molecule has 1 atom stereocenters. The molecule has 1 amide bonds. The Morgan fingerprint density at radius 3 is 2.17 bits per heavy atom. The third-order valence-electron chi connectivity index (χ3n) is 7.19. The van der Waals surface area contributed by atoms with Crippen molar-refractivity contribution in [1.29, 1.82) is 0 Å². The highest BCUT2D eigenvalue weighted by Crippen LogP contribution is 2.31. The molecule has 5 rings (SSSR count). The van der Waals surface area contributed by atoms with Gasteiger partial charge in [0.25, 0.3) is 10.0 Å². The van der Waals surface area contributed by atoms with E-state index < -0.39 is 10.0 Å². The third-order valence-corrected chi connectivity index (χ3v) is 9.26. The molecular formula is C26H30ClN5O3S. The van der Waals surface area contributed by atoms with Crippen LogP contribution >= 0.6 is 11.6 Å². The Morgan fingerprint density at radius 2 is 1.56 bits per heavy atom. The predicted molar refractivity (Wildman–Crippen MR) is 138 cm³/mol. The van der Waals surface area contributed by atoms with Crippen LogP contribution in [0.5, 0.6) is 0 Å². The number of aromatic nitrogens is 2. The molecular weight excluding hydrogens is 498 g/mol. The Hall–Kier alpha value is -2.72. The minimum atomic E-state index is -3.59. The van der Waals surface area contributed by atoms with Crippen LogP contribution in [0.2, 0.25) is 5.02 Å². The Labute approximate surface area is 216 Å². The van der Waals surface area contributed by atoms with Gasteiger partial charge in [0.15, 0.2) is 5.03 Å². The zero-order valence-corrected chi connectivity index (χ0v) is 21.5. The lowest BCUT2D eigenvalue weighted by Gasteiger charge is -2.41. The Balaban J connectivity index is 1.21. The van der Waals surface area contributed by atoms with Crippen LogP contribution in [0.25, 0.3) is 0 Å². The molecule has 8 nitrogen and oxygen atoms in total. The molecule has 0 bridgehead atoms. The molecule has 3 aromatic rings. The molecule has 10 heteroatoms. The summed E-state index contributed by atoms with van der Waals surface area (Å²) in [6.45, 7) is 3.52. The summed E-state index contributed by atoms with van der Waals surface area (Å²) in [5.41, 5.74) is 2.39. The summed E-state index contributed by atoms with van der Waals surface area (Å²) in [6.07, 6.45) is 3.74. The van der Waals surface area contributed by atoms with Gasteiger partial charge >= 0.3 is 0 Å². The van der Waals surface area contributed by atoms with E-state index in [4.69, 9.17) is 11.6 Å². The van der Waals surface area contributed by atoms with Crippen LogP contribution in [0.4, 0.5) is 0 Å². The van der Waals surface area contributed by atoms with Crippen LogP contribution in [0.3, 0.4) is 0 Å². The first-order valence-electron chi connectivity index (χ1n) is 12.3. The molecule has 0 spiro atoms. The predicted octanol–water partition coefficient (Wildman–Crippen LogP) is 3.40. The van der Waals surface area contributed by atoms with Crippen molar-refractivity contribution in [3.8, 4) is 0 Å². The summed E-state index contributed by atoms with van der Waals surface area (Å²) in [7, 11) is -3.59. The lowest BCUT2D eigenvalue weighted by Crippen LogP contribution is -2.52. The SMILES string of the molecule is O=C(C1CCN(S(=O)(=O)c2cnc[nH]2)CC1)N1CCN(C(c2ccccc2)c2ccc(Cl)cc2)CC1. The van der Waals surface area contributed by atoms with Crippen molar-refractivity contribution >= 4 is 27.5 Å². The highest BCUT2D eigenvalue weighted by Gasteiger charge is 2.36. The van der Waals surface area contributed by atoms with Gasteiger partial charge in [-0.05, 0) is 36.1 Å². The number of piperidine rings is 1. The Morgan fingerprint density at radius 1 is 0.917 bits per heavy atom. The van der Waals surface area contributed by atoms with Crippen LogP contribution in [-0.4, -0.2) is 77.7 Å². The molecule has 3 heterocycles. The average molecular weight is 528 g/mol. The number of carbonyl (C=O) groups is 1. The molecule has 2 aliphatic rings. The Bertz CT molecular complexity index is 1250. The van der Waals surface area contributed by atoms with Gasteiger partial charge in [-0.25, -0.2) is 13.4 Å². The van der Waals surface area contributed by atoms with Gasteiger partial charge in [0.2, 0.25) is 5.91 Å². The fraction of sp³-hybridized carbons (Fsp3) is 0.385. The molecule has 0 saturated carbocycles. The monoisotopic (exact) mass is 527 g/mol. The molecule has 2 aliphatic heterocycles. The fourth-order valence-electron chi connectivity index (χ4n) is 5.22. The van der Waals surface area contributed by atoms with Gasteiger partial charge in [0.05, 0.1) is 18.6 Å². The molecule has 190 valence electrons. The van der Waals surface area contributed by atoms with Crippen molar-refractivity contribution in [3.05, 3.63) is 83.3 Å².